The van der Waals surface area contributed by atoms with E-state index < -0.39 is 12.3 Å². The highest BCUT2D eigenvalue weighted by Gasteiger charge is 2.40. The molecule has 0 saturated heterocycles. The molecule has 0 fully saturated rings. The Balaban J connectivity index is 1.88. The molecular weight excluding hydrogens is 392 g/mol. The van der Waals surface area contributed by atoms with Crippen LogP contribution in [0.15, 0.2) is 24.3 Å². The smallest absolute Gasteiger partial charge is 0.305 e. The maximum atomic E-state index is 11.7. The topological polar surface area (TPSA) is 81.7 Å². The summed E-state index contributed by atoms with van der Waals surface area (Å²) >= 11 is 0. The van der Waals surface area contributed by atoms with Gasteiger partial charge in [-0.25, -0.2) is 0 Å². The Morgan fingerprint density at radius 1 is 0.933 bits per heavy atom. The second-order valence-corrected chi connectivity index (χ2v) is 7.13. The average molecular weight is 416 g/mol. The number of methoxy groups -OCH3 is 3. The minimum absolute atomic E-state index is 0.149. The average Bonchev–Trinajstić information content (AvgIpc) is 3.18. The van der Waals surface area contributed by atoms with Crippen LogP contribution in [0.4, 0.5) is 0 Å². The van der Waals surface area contributed by atoms with Crippen molar-refractivity contribution in [3.8, 4) is 34.5 Å². The van der Waals surface area contributed by atoms with Crippen LogP contribution in [-0.4, -0.2) is 40.4 Å². The number of hydrogen-bond donors (Lipinski definition) is 0. The summed E-state index contributed by atoms with van der Waals surface area (Å²) in [6.45, 7) is 3.48. The monoisotopic (exact) mass is 416 g/mol. The molecular formula is C22H24O8. The van der Waals surface area contributed by atoms with Crippen molar-refractivity contribution in [3.05, 3.63) is 35.4 Å². The van der Waals surface area contributed by atoms with E-state index in [1.165, 1.54) is 6.92 Å². The highest BCUT2D eigenvalue weighted by Crippen LogP contribution is 2.51. The fourth-order valence-electron chi connectivity index (χ4n) is 4.02. The van der Waals surface area contributed by atoms with Gasteiger partial charge >= 0.3 is 5.97 Å². The highest BCUT2D eigenvalue weighted by molar-refractivity contribution is 5.66. The zero-order chi connectivity index (χ0) is 21.4. The normalized spacial score (nSPS) is 21.3. The number of ether oxygens (including phenoxy) is 7. The summed E-state index contributed by atoms with van der Waals surface area (Å²) in [4.78, 5) is 11.7. The largest absolute Gasteiger partial charge is 0.493 e. The van der Waals surface area contributed by atoms with Gasteiger partial charge in [0.2, 0.25) is 18.8 Å². The third kappa shape index (κ3) is 3.32. The van der Waals surface area contributed by atoms with Crippen molar-refractivity contribution in [2.24, 2.45) is 5.92 Å². The van der Waals surface area contributed by atoms with Gasteiger partial charge in [0.1, 0.15) is 5.75 Å². The predicted molar refractivity (Wildman–Crippen MR) is 106 cm³/mol. The molecule has 2 aromatic rings. The standard InChI is InChI=1S/C22H24O8/c1-11-20(13-6-18(24-3)21(26-5)19(7-13)25-4)14-8-16-17(28-10-27-16)9-15(14)30-22(11)29-12(2)23/h6-9,11,20,22H,10H2,1-5H3/t11-,20+,22+/m1/s1. The van der Waals surface area contributed by atoms with Crippen LogP contribution in [0.5, 0.6) is 34.5 Å². The zero-order valence-corrected chi connectivity index (χ0v) is 17.5. The number of rotatable bonds is 5. The van der Waals surface area contributed by atoms with Gasteiger partial charge < -0.3 is 33.2 Å². The molecule has 2 heterocycles. The van der Waals surface area contributed by atoms with Gasteiger partial charge in [0, 0.05) is 30.4 Å². The summed E-state index contributed by atoms with van der Waals surface area (Å²) in [7, 11) is 4.70. The van der Waals surface area contributed by atoms with E-state index in [4.69, 9.17) is 33.2 Å². The molecule has 2 aliphatic rings. The summed E-state index contributed by atoms with van der Waals surface area (Å²) in [5.74, 6) is 2.58. The summed E-state index contributed by atoms with van der Waals surface area (Å²) in [6.07, 6.45) is -0.764. The first-order valence-corrected chi connectivity index (χ1v) is 9.54. The van der Waals surface area contributed by atoms with E-state index in [0.717, 1.165) is 11.1 Å². The Morgan fingerprint density at radius 3 is 2.13 bits per heavy atom. The quantitative estimate of drug-likeness (QED) is 0.685. The molecule has 0 amide bonds. The third-order valence-corrected chi connectivity index (χ3v) is 5.37. The highest BCUT2D eigenvalue weighted by atomic mass is 16.7. The fraction of sp³-hybridized carbons (Fsp3) is 0.409. The maximum absolute atomic E-state index is 11.7. The van der Waals surface area contributed by atoms with Crippen LogP contribution in [0.25, 0.3) is 0 Å². The van der Waals surface area contributed by atoms with Gasteiger partial charge in [-0.3, -0.25) is 4.79 Å². The van der Waals surface area contributed by atoms with Gasteiger partial charge in [-0.1, -0.05) is 6.92 Å². The van der Waals surface area contributed by atoms with Crippen LogP contribution in [0.1, 0.15) is 30.9 Å². The minimum atomic E-state index is -0.764. The van der Waals surface area contributed by atoms with Crippen molar-refractivity contribution in [1.29, 1.82) is 0 Å². The zero-order valence-electron chi connectivity index (χ0n) is 17.5. The first-order valence-electron chi connectivity index (χ1n) is 9.54. The van der Waals surface area contributed by atoms with E-state index in [-0.39, 0.29) is 18.6 Å². The SMILES string of the molecule is COc1cc([C@H]2c3cc4c(cc3O[C@H](OC(C)=O)[C@@H]2C)OCO4)cc(OC)c1OC. The fourth-order valence-corrected chi connectivity index (χ4v) is 4.02. The van der Waals surface area contributed by atoms with Crippen LogP contribution < -0.4 is 28.4 Å². The molecule has 8 nitrogen and oxygen atoms in total. The van der Waals surface area contributed by atoms with E-state index in [2.05, 4.69) is 0 Å². The maximum Gasteiger partial charge on any atom is 0.305 e. The van der Waals surface area contributed by atoms with E-state index >= 15 is 0 Å². The second kappa shape index (κ2) is 7.85. The Hall–Kier alpha value is -3.29. The van der Waals surface area contributed by atoms with E-state index in [1.54, 1.807) is 27.4 Å². The first kappa shape index (κ1) is 20.0. The van der Waals surface area contributed by atoms with Crippen molar-refractivity contribution in [3.63, 3.8) is 0 Å². The molecule has 2 aromatic carbocycles. The summed E-state index contributed by atoms with van der Waals surface area (Å²) in [5, 5.41) is 0. The van der Waals surface area contributed by atoms with E-state index in [0.29, 0.717) is 34.5 Å². The van der Waals surface area contributed by atoms with Crippen LogP contribution >= 0.6 is 0 Å². The molecule has 0 radical (unpaired) electrons. The molecule has 0 spiro atoms. The molecule has 3 atom stereocenters. The number of carbonyl (C=O) groups excluding carboxylic acids is 1. The molecule has 0 unspecified atom stereocenters. The Bertz CT molecular complexity index is 945. The molecule has 0 N–H and O–H groups in total. The molecule has 0 bridgehead atoms. The van der Waals surface area contributed by atoms with Crippen molar-refractivity contribution in [1.82, 2.24) is 0 Å². The molecule has 8 heteroatoms. The number of fused-ring (bicyclic) bond motifs is 2. The van der Waals surface area contributed by atoms with Gasteiger partial charge in [0.25, 0.3) is 0 Å². The molecule has 2 aliphatic heterocycles. The van der Waals surface area contributed by atoms with Crippen molar-refractivity contribution in [2.45, 2.75) is 26.1 Å². The number of benzene rings is 2. The van der Waals surface area contributed by atoms with Gasteiger partial charge in [-0.15, -0.1) is 0 Å². The Kier molecular flexibility index (Phi) is 5.24. The second-order valence-electron chi connectivity index (χ2n) is 7.13. The van der Waals surface area contributed by atoms with Crippen LogP contribution in [0.2, 0.25) is 0 Å². The Labute approximate surface area is 174 Å². The van der Waals surface area contributed by atoms with Gasteiger partial charge in [0.15, 0.2) is 23.0 Å². The lowest BCUT2D eigenvalue weighted by atomic mass is 9.78. The molecule has 30 heavy (non-hydrogen) atoms. The number of esters is 1. The van der Waals surface area contributed by atoms with Gasteiger partial charge in [-0.05, 0) is 23.8 Å². The van der Waals surface area contributed by atoms with Crippen LogP contribution in [-0.2, 0) is 9.53 Å². The van der Waals surface area contributed by atoms with Crippen molar-refractivity contribution in [2.75, 3.05) is 28.1 Å². The summed E-state index contributed by atoms with van der Waals surface area (Å²) in [6, 6.07) is 7.47. The van der Waals surface area contributed by atoms with Crippen LogP contribution in [0, 0.1) is 5.92 Å². The van der Waals surface area contributed by atoms with E-state index in [9.17, 15) is 4.79 Å². The van der Waals surface area contributed by atoms with Gasteiger partial charge in [0.05, 0.1) is 21.3 Å². The molecule has 160 valence electrons. The van der Waals surface area contributed by atoms with Crippen molar-refractivity contribution >= 4 is 5.97 Å². The molecule has 0 saturated carbocycles. The Morgan fingerprint density at radius 2 is 1.57 bits per heavy atom. The molecule has 0 aromatic heterocycles. The molecule has 4 rings (SSSR count). The first-order chi connectivity index (χ1) is 14.5. The number of hydrogen-bond acceptors (Lipinski definition) is 8. The van der Waals surface area contributed by atoms with E-state index in [1.807, 2.05) is 25.1 Å². The minimum Gasteiger partial charge on any atom is -0.493 e. The number of carbonyl (C=O) groups is 1. The molecule has 0 aliphatic carbocycles. The summed E-state index contributed by atoms with van der Waals surface area (Å²) < 4.78 is 39.1. The lowest BCUT2D eigenvalue weighted by Gasteiger charge is -2.37. The predicted octanol–water partition coefficient (Wildman–Crippen LogP) is 3.49. The lowest BCUT2D eigenvalue weighted by molar-refractivity contribution is -0.171. The van der Waals surface area contributed by atoms with Crippen molar-refractivity contribution < 1.29 is 38.0 Å². The lowest BCUT2D eigenvalue weighted by Crippen LogP contribution is -2.38. The van der Waals surface area contributed by atoms with Gasteiger partial charge in [-0.2, -0.15) is 0 Å². The summed E-state index contributed by atoms with van der Waals surface area (Å²) in [5.41, 5.74) is 1.79. The van der Waals surface area contributed by atoms with Crippen LogP contribution in [0.3, 0.4) is 0 Å². The third-order valence-electron chi connectivity index (χ3n) is 5.37.